The van der Waals surface area contributed by atoms with E-state index >= 15 is 0 Å². The highest BCUT2D eigenvalue weighted by molar-refractivity contribution is 5.69. The van der Waals surface area contributed by atoms with Crippen molar-refractivity contribution in [2.24, 2.45) is 17.4 Å². The van der Waals surface area contributed by atoms with Crippen LogP contribution < -0.4 is 11.5 Å². The predicted molar refractivity (Wildman–Crippen MR) is 89.3 cm³/mol. The molecule has 0 unspecified atom stereocenters. The van der Waals surface area contributed by atoms with Gasteiger partial charge in [0.25, 0.3) is 0 Å². The van der Waals surface area contributed by atoms with E-state index in [4.69, 9.17) is 16.6 Å². The van der Waals surface area contributed by atoms with Gasteiger partial charge in [-0.1, -0.05) is 57.8 Å². The zero-order valence-electron chi connectivity index (χ0n) is 13.7. The zero-order chi connectivity index (χ0) is 15.8. The summed E-state index contributed by atoms with van der Waals surface area (Å²) in [6.45, 7) is 1.71. The smallest absolute Gasteiger partial charge is 0.306 e. The minimum atomic E-state index is -0.602. The van der Waals surface area contributed by atoms with Crippen molar-refractivity contribution in [2.75, 3.05) is 13.1 Å². The molecule has 4 heteroatoms. The van der Waals surface area contributed by atoms with Crippen LogP contribution in [0, 0.1) is 5.92 Å². The van der Waals surface area contributed by atoms with Crippen molar-refractivity contribution < 1.29 is 9.90 Å². The highest BCUT2D eigenvalue weighted by atomic mass is 16.4. The Labute approximate surface area is 130 Å². The molecule has 0 spiro atoms. The van der Waals surface area contributed by atoms with E-state index in [-0.39, 0.29) is 5.92 Å². The standard InChI is InChI=1S/C10H24N2.C7H12O2/c11-9-7-5-3-1-2-4-6-8-10-12;8-7(9)6-4-2-1-3-5-6/h1-12H2;6H,1-5H2,(H,8,9). The van der Waals surface area contributed by atoms with Crippen molar-refractivity contribution in [1.29, 1.82) is 0 Å². The van der Waals surface area contributed by atoms with Gasteiger partial charge in [0, 0.05) is 0 Å². The Kier molecular flexibility index (Phi) is 15.3. The summed E-state index contributed by atoms with van der Waals surface area (Å²) in [4.78, 5) is 10.4. The average molecular weight is 300 g/mol. The Hall–Kier alpha value is -0.610. The van der Waals surface area contributed by atoms with Gasteiger partial charge in [-0.25, -0.2) is 0 Å². The van der Waals surface area contributed by atoms with Crippen LogP contribution in [-0.2, 0) is 4.79 Å². The van der Waals surface area contributed by atoms with Gasteiger partial charge in [0.15, 0.2) is 0 Å². The monoisotopic (exact) mass is 300 g/mol. The minimum Gasteiger partial charge on any atom is -0.481 e. The quantitative estimate of drug-likeness (QED) is 0.537. The van der Waals surface area contributed by atoms with E-state index < -0.39 is 5.97 Å². The molecule has 0 heterocycles. The lowest BCUT2D eigenvalue weighted by atomic mass is 9.90. The first-order valence-electron chi connectivity index (χ1n) is 8.85. The van der Waals surface area contributed by atoms with E-state index in [1.165, 1.54) is 57.8 Å². The van der Waals surface area contributed by atoms with Crippen molar-refractivity contribution in [3.05, 3.63) is 0 Å². The molecule has 1 fully saturated rings. The van der Waals surface area contributed by atoms with E-state index in [1.807, 2.05) is 0 Å². The number of hydrogen-bond acceptors (Lipinski definition) is 3. The van der Waals surface area contributed by atoms with Crippen molar-refractivity contribution in [1.82, 2.24) is 0 Å². The van der Waals surface area contributed by atoms with Crippen LogP contribution in [0.5, 0.6) is 0 Å². The Bertz CT molecular complexity index is 219. The van der Waals surface area contributed by atoms with Crippen molar-refractivity contribution in [3.63, 3.8) is 0 Å². The summed E-state index contributed by atoms with van der Waals surface area (Å²) in [5.74, 6) is -0.631. The van der Waals surface area contributed by atoms with Gasteiger partial charge in [0.05, 0.1) is 5.92 Å². The molecule has 0 aromatic carbocycles. The molecule has 1 aliphatic rings. The molecule has 4 nitrogen and oxygen atoms in total. The number of hydrogen-bond donors (Lipinski definition) is 3. The minimum absolute atomic E-state index is 0.0289. The van der Waals surface area contributed by atoms with Crippen molar-refractivity contribution in [2.45, 2.75) is 83.5 Å². The maximum atomic E-state index is 10.4. The van der Waals surface area contributed by atoms with E-state index in [0.29, 0.717) is 0 Å². The fraction of sp³-hybridized carbons (Fsp3) is 0.941. The highest BCUT2D eigenvalue weighted by Crippen LogP contribution is 2.23. The fourth-order valence-electron chi connectivity index (χ4n) is 2.70. The zero-order valence-corrected chi connectivity index (χ0v) is 13.7. The molecule has 0 aliphatic heterocycles. The Morgan fingerprint density at radius 2 is 1.14 bits per heavy atom. The maximum Gasteiger partial charge on any atom is 0.306 e. The number of carboxylic acids is 1. The molecule has 0 aromatic rings. The Morgan fingerprint density at radius 3 is 1.43 bits per heavy atom. The van der Waals surface area contributed by atoms with Gasteiger partial charge in [0.2, 0.25) is 0 Å². The van der Waals surface area contributed by atoms with E-state index in [2.05, 4.69) is 0 Å². The van der Waals surface area contributed by atoms with Crippen LogP contribution in [0.15, 0.2) is 0 Å². The average Bonchev–Trinajstić information content (AvgIpc) is 2.51. The molecule has 0 bridgehead atoms. The number of rotatable bonds is 10. The lowest BCUT2D eigenvalue weighted by molar-refractivity contribution is -0.142. The maximum absolute atomic E-state index is 10.4. The number of carboxylic acid groups (broad SMARTS) is 1. The van der Waals surface area contributed by atoms with E-state index in [1.54, 1.807) is 0 Å². The lowest BCUT2D eigenvalue weighted by Gasteiger charge is -2.16. The third-order valence-corrected chi connectivity index (χ3v) is 4.11. The second kappa shape index (κ2) is 15.8. The summed E-state index contributed by atoms with van der Waals surface area (Å²) in [7, 11) is 0. The first-order valence-corrected chi connectivity index (χ1v) is 8.85. The van der Waals surface area contributed by atoms with Crippen LogP contribution in [0.4, 0.5) is 0 Å². The molecule has 0 saturated heterocycles. The van der Waals surface area contributed by atoms with E-state index in [9.17, 15) is 4.79 Å². The van der Waals surface area contributed by atoms with Gasteiger partial charge < -0.3 is 16.6 Å². The Morgan fingerprint density at radius 1 is 0.762 bits per heavy atom. The van der Waals surface area contributed by atoms with Gasteiger partial charge in [-0.2, -0.15) is 0 Å². The molecular weight excluding hydrogens is 264 g/mol. The van der Waals surface area contributed by atoms with Gasteiger partial charge in [-0.05, 0) is 38.8 Å². The van der Waals surface area contributed by atoms with Crippen molar-refractivity contribution >= 4 is 5.97 Å². The SMILES string of the molecule is NCCCCCCCCCCN.O=C(O)C1CCCCC1. The summed E-state index contributed by atoms with van der Waals surface area (Å²) >= 11 is 0. The van der Waals surface area contributed by atoms with E-state index in [0.717, 1.165) is 38.8 Å². The van der Waals surface area contributed by atoms with Crippen LogP contribution in [0.2, 0.25) is 0 Å². The normalized spacial score (nSPS) is 15.3. The van der Waals surface area contributed by atoms with Crippen LogP contribution in [-0.4, -0.2) is 24.2 Å². The summed E-state index contributed by atoms with van der Waals surface area (Å²) in [5, 5.41) is 8.54. The van der Waals surface area contributed by atoms with Crippen LogP contribution in [0.25, 0.3) is 0 Å². The topological polar surface area (TPSA) is 89.3 Å². The van der Waals surface area contributed by atoms with Gasteiger partial charge in [-0.3, -0.25) is 4.79 Å². The third-order valence-electron chi connectivity index (χ3n) is 4.11. The van der Waals surface area contributed by atoms with Crippen molar-refractivity contribution in [3.8, 4) is 0 Å². The fourth-order valence-corrected chi connectivity index (χ4v) is 2.70. The van der Waals surface area contributed by atoms with Gasteiger partial charge in [0.1, 0.15) is 0 Å². The summed E-state index contributed by atoms with van der Waals surface area (Å²) in [5.41, 5.74) is 10.8. The third kappa shape index (κ3) is 14.1. The molecular formula is C17H36N2O2. The molecule has 21 heavy (non-hydrogen) atoms. The summed E-state index contributed by atoms with van der Waals surface area (Å²) in [6.07, 6.45) is 15.7. The highest BCUT2D eigenvalue weighted by Gasteiger charge is 2.19. The molecule has 126 valence electrons. The number of aliphatic carboxylic acids is 1. The lowest BCUT2D eigenvalue weighted by Crippen LogP contribution is -2.16. The number of carbonyl (C=O) groups is 1. The largest absolute Gasteiger partial charge is 0.481 e. The van der Waals surface area contributed by atoms with Crippen LogP contribution in [0.1, 0.15) is 83.5 Å². The number of nitrogens with two attached hydrogens (primary N) is 2. The molecule has 0 radical (unpaired) electrons. The van der Waals surface area contributed by atoms with Crippen LogP contribution in [0.3, 0.4) is 0 Å². The second-order valence-corrected chi connectivity index (χ2v) is 6.08. The van der Waals surface area contributed by atoms with Gasteiger partial charge >= 0.3 is 5.97 Å². The summed E-state index contributed by atoms with van der Waals surface area (Å²) in [6, 6.07) is 0. The molecule has 1 rings (SSSR count). The predicted octanol–water partition coefficient (Wildman–Crippen LogP) is 3.68. The Balaban J connectivity index is 0.000000394. The molecule has 1 saturated carbocycles. The molecule has 0 aromatic heterocycles. The first-order chi connectivity index (χ1) is 10.2. The molecule has 0 amide bonds. The number of unbranched alkanes of at least 4 members (excludes halogenated alkanes) is 7. The molecule has 5 N–H and O–H groups in total. The molecule has 1 aliphatic carbocycles. The van der Waals surface area contributed by atoms with Crippen LogP contribution >= 0.6 is 0 Å². The van der Waals surface area contributed by atoms with Gasteiger partial charge in [-0.15, -0.1) is 0 Å². The molecule has 0 atom stereocenters. The second-order valence-electron chi connectivity index (χ2n) is 6.08. The first kappa shape index (κ1) is 20.4. The summed E-state index contributed by atoms with van der Waals surface area (Å²) < 4.78 is 0.